The molecule has 3 atom stereocenters. The van der Waals surface area contributed by atoms with Crippen molar-refractivity contribution in [2.45, 2.75) is 38.3 Å². The second kappa shape index (κ2) is 8.22. The Bertz CT molecular complexity index is 397. The number of nitrogens with zero attached hydrogens (tertiary/aromatic N) is 2. The normalized spacial score (nSPS) is 30.5. The first-order valence-corrected chi connectivity index (χ1v) is 8.58. The van der Waals surface area contributed by atoms with Gasteiger partial charge in [-0.3, -0.25) is 4.99 Å². The van der Waals surface area contributed by atoms with Gasteiger partial charge in [-0.2, -0.15) is 13.2 Å². The van der Waals surface area contributed by atoms with Crippen LogP contribution in [0.15, 0.2) is 4.99 Å². The molecule has 3 unspecified atom stereocenters. The van der Waals surface area contributed by atoms with Crippen molar-refractivity contribution in [2.75, 3.05) is 40.3 Å². The number of nitrogens with one attached hydrogen (secondary N) is 2. The van der Waals surface area contributed by atoms with Gasteiger partial charge in [-0.15, -0.1) is 0 Å². The molecule has 0 aromatic carbocycles. The van der Waals surface area contributed by atoms with Crippen LogP contribution < -0.4 is 10.6 Å². The van der Waals surface area contributed by atoms with E-state index in [0.29, 0.717) is 24.8 Å². The molecule has 1 saturated carbocycles. The maximum atomic E-state index is 12.8. The van der Waals surface area contributed by atoms with Gasteiger partial charge in [-0.05, 0) is 51.1 Å². The number of hydrogen-bond acceptors (Lipinski definition) is 2. The van der Waals surface area contributed by atoms with E-state index in [2.05, 4.69) is 27.6 Å². The number of hydrogen-bond donors (Lipinski definition) is 2. The molecule has 0 amide bonds. The minimum atomic E-state index is -4.05. The highest BCUT2D eigenvalue weighted by Crippen LogP contribution is 2.39. The summed E-state index contributed by atoms with van der Waals surface area (Å²) in [6, 6.07) is 0. The van der Waals surface area contributed by atoms with E-state index in [1.807, 2.05) is 0 Å². The molecule has 134 valence electrons. The van der Waals surface area contributed by atoms with Gasteiger partial charge in [0.05, 0.1) is 5.92 Å². The van der Waals surface area contributed by atoms with E-state index in [-0.39, 0.29) is 18.8 Å². The fraction of sp³-hybridized carbons (Fsp3) is 0.938. The fourth-order valence-electron chi connectivity index (χ4n) is 3.67. The molecule has 4 nitrogen and oxygen atoms in total. The number of halogens is 3. The van der Waals surface area contributed by atoms with Crippen molar-refractivity contribution in [3.8, 4) is 0 Å². The Morgan fingerprint density at radius 2 is 1.83 bits per heavy atom. The maximum Gasteiger partial charge on any atom is 0.391 e. The third kappa shape index (κ3) is 5.86. The molecule has 2 aliphatic rings. The van der Waals surface area contributed by atoms with Crippen LogP contribution in [0.5, 0.6) is 0 Å². The zero-order valence-corrected chi connectivity index (χ0v) is 14.1. The first-order chi connectivity index (χ1) is 10.9. The Labute approximate surface area is 136 Å². The number of guanidine groups is 1. The Balaban J connectivity index is 1.70. The zero-order chi connectivity index (χ0) is 16.9. The standard InChI is InChI=1S/C16H29F3N4/c1-20-15(22-10-13-6-7-23(2)11-13)21-9-12-4-3-5-14(8-12)16(17,18)19/h12-14H,3-11H2,1-2H3,(H2,20,21,22). The summed E-state index contributed by atoms with van der Waals surface area (Å²) in [4.78, 5) is 6.49. The monoisotopic (exact) mass is 334 g/mol. The lowest BCUT2D eigenvalue weighted by Crippen LogP contribution is -2.43. The largest absolute Gasteiger partial charge is 0.391 e. The SMILES string of the molecule is CN=C(NCC1CCCC(C(F)(F)F)C1)NCC1CCN(C)C1. The van der Waals surface area contributed by atoms with Gasteiger partial charge in [0.25, 0.3) is 0 Å². The van der Waals surface area contributed by atoms with Crippen molar-refractivity contribution < 1.29 is 13.2 Å². The van der Waals surface area contributed by atoms with Crippen LogP contribution in [-0.2, 0) is 0 Å². The van der Waals surface area contributed by atoms with E-state index < -0.39 is 12.1 Å². The van der Waals surface area contributed by atoms with Crippen LogP contribution in [0.2, 0.25) is 0 Å². The van der Waals surface area contributed by atoms with E-state index >= 15 is 0 Å². The van der Waals surface area contributed by atoms with Gasteiger partial charge >= 0.3 is 6.18 Å². The lowest BCUT2D eigenvalue weighted by molar-refractivity contribution is -0.185. The van der Waals surface area contributed by atoms with Gasteiger partial charge in [-0.25, -0.2) is 0 Å². The molecule has 2 rings (SSSR count). The minimum Gasteiger partial charge on any atom is -0.356 e. The summed E-state index contributed by atoms with van der Waals surface area (Å²) in [7, 11) is 3.82. The molecule has 2 N–H and O–H groups in total. The molecule has 23 heavy (non-hydrogen) atoms. The molecular formula is C16H29F3N4. The van der Waals surface area contributed by atoms with Gasteiger partial charge in [0, 0.05) is 26.7 Å². The smallest absolute Gasteiger partial charge is 0.356 e. The molecule has 1 aliphatic carbocycles. The molecule has 2 fully saturated rings. The second-order valence-electron chi connectivity index (χ2n) is 7.02. The van der Waals surface area contributed by atoms with Crippen LogP contribution in [0.1, 0.15) is 32.1 Å². The quantitative estimate of drug-likeness (QED) is 0.613. The Morgan fingerprint density at radius 1 is 1.13 bits per heavy atom. The van der Waals surface area contributed by atoms with Gasteiger partial charge in [0.15, 0.2) is 5.96 Å². The summed E-state index contributed by atoms with van der Waals surface area (Å²) in [6.07, 6.45) is -0.826. The van der Waals surface area contributed by atoms with E-state index in [1.165, 1.54) is 6.42 Å². The van der Waals surface area contributed by atoms with Crippen LogP contribution >= 0.6 is 0 Å². The van der Waals surface area contributed by atoms with Crippen molar-refractivity contribution in [2.24, 2.45) is 22.7 Å². The van der Waals surface area contributed by atoms with Crippen molar-refractivity contribution >= 4 is 5.96 Å². The first kappa shape index (κ1) is 18.4. The lowest BCUT2D eigenvalue weighted by Gasteiger charge is -2.31. The zero-order valence-electron chi connectivity index (χ0n) is 14.1. The average molecular weight is 334 g/mol. The van der Waals surface area contributed by atoms with Crippen LogP contribution in [-0.4, -0.2) is 57.3 Å². The summed E-state index contributed by atoms with van der Waals surface area (Å²) in [5.74, 6) is 0.259. The third-order valence-corrected chi connectivity index (χ3v) is 5.07. The van der Waals surface area contributed by atoms with Crippen LogP contribution in [0.3, 0.4) is 0 Å². The Morgan fingerprint density at radius 3 is 2.39 bits per heavy atom. The summed E-state index contributed by atoms with van der Waals surface area (Å²) in [5, 5.41) is 6.51. The summed E-state index contributed by atoms with van der Waals surface area (Å²) in [6.45, 7) is 3.63. The predicted molar refractivity (Wildman–Crippen MR) is 86.5 cm³/mol. The Kier molecular flexibility index (Phi) is 6.56. The Hall–Kier alpha value is -0.980. The molecule has 1 heterocycles. The number of alkyl halides is 3. The van der Waals surface area contributed by atoms with Gasteiger partial charge in [0.1, 0.15) is 0 Å². The van der Waals surface area contributed by atoms with Gasteiger partial charge < -0.3 is 15.5 Å². The van der Waals surface area contributed by atoms with Crippen LogP contribution in [0.4, 0.5) is 13.2 Å². The highest BCUT2D eigenvalue weighted by Gasteiger charge is 2.42. The topological polar surface area (TPSA) is 39.7 Å². The molecule has 7 heteroatoms. The molecule has 1 aliphatic heterocycles. The summed E-state index contributed by atoms with van der Waals surface area (Å²) in [5.41, 5.74) is 0. The highest BCUT2D eigenvalue weighted by molar-refractivity contribution is 5.79. The van der Waals surface area contributed by atoms with Crippen molar-refractivity contribution in [1.29, 1.82) is 0 Å². The molecular weight excluding hydrogens is 305 g/mol. The average Bonchev–Trinajstić information content (AvgIpc) is 2.92. The highest BCUT2D eigenvalue weighted by atomic mass is 19.4. The molecule has 0 radical (unpaired) electrons. The first-order valence-electron chi connectivity index (χ1n) is 8.58. The van der Waals surface area contributed by atoms with E-state index in [4.69, 9.17) is 0 Å². The third-order valence-electron chi connectivity index (χ3n) is 5.07. The van der Waals surface area contributed by atoms with Gasteiger partial charge in [-0.1, -0.05) is 6.42 Å². The lowest BCUT2D eigenvalue weighted by atomic mass is 9.81. The van der Waals surface area contributed by atoms with Crippen LogP contribution in [0, 0.1) is 17.8 Å². The molecule has 1 saturated heterocycles. The minimum absolute atomic E-state index is 0.0755. The van der Waals surface area contributed by atoms with Crippen molar-refractivity contribution in [3.05, 3.63) is 0 Å². The van der Waals surface area contributed by atoms with E-state index in [0.717, 1.165) is 26.1 Å². The predicted octanol–water partition coefficient (Wildman–Crippen LogP) is 2.47. The summed E-state index contributed by atoms with van der Waals surface area (Å²) >= 11 is 0. The van der Waals surface area contributed by atoms with Crippen molar-refractivity contribution in [1.82, 2.24) is 15.5 Å². The fourth-order valence-corrected chi connectivity index (χ4v) is 3.67. The number of likely N-dealkylation sites (tertiary alicyclic amines) is 1. The molecule has 0 spiro atoms. The van der Waals surface area contributed by atoms with E-state index in [9.17, 15) is 13.2 Å². The number of rotatable bonds is 4. The molecule has 0 bridgehead atoms. The van der Waals surface area contributed by atoms with Crippen LogP contribution in [0.25, 0.3) is 0 Å². The molecule has 0 aromatic heterocycles. The second-order valence-corrected chi connectivity index (χ2v) is 7.02. The van der Waals surface area contributed by atoms with Crippen molar-refractivity contribution in [3.63, 3.8) is 0 Å². The summed E-state index contributed by atoms with van der Waals surface area (Å²) < 4.78 is 38.5. The molecule has 0 aromatic rings. The van der Waals surface area contributed by atoms with E-state index in [1.54, 1.807) is 7.05 Å². The van der Waals surface area contributed by atoms with Gasteiger partial charge in [0.2, 0.25) is 0 Å². The number of aliphatic imine (C=N–C) groups is 1. The maximum absolute atomic E-state index is 12.8.